The maximum absolute atomic E-state index is 12.9. The molecule has 20 heavy (non-hydrogen) atoms. The van der Waals surface area contributed by atoms with Gasteiger partial charge in [0.25, 0.3) is 0 Å². The Morgan fingerprint density at radius 3 is 2.55 bits per heavy atom. The number of benzene rings is 1. The van der Waals surface area contributed by atoms with Crippen LogP contribution in [0.3, 0.4) is 0 Å². The smallest absolute Gasteiger partial charge is 0.319 e. The van der Waals surface area contributed by atoms with Crippen molar-refractivity contribution in [1.29, 1.82) is 0 Å². The number of piperidine rings is 1. The first-order valence-electron chi connectivity index (χ1n) is 5.97. The first-order chi connectivity index (χ1) is 9.04. The normalized spacial score (nSPS) is 21.8. The van der Waals surface area contributed by atoms with Gasteiger partial charge in [-0.05, 0) is 25.1 Å². The van der Waals surface area contributed by atoms with Gasteiger partial charge in [-0.25, -0.2) is 13.6 Å². The molecule has 0 aliphatic carbocycles. The molecule has 1 aromatic carbocycles. The molecule has 4 N–H and O–H groups in total. The third kappa shape index (κ3) is 4.59. The van der Waals surface area contributed by atoms with Gasteiger partial charge in [-0.15, -0.1) is 12.4 Å². The van der Waals surface area contributed by atoms with Crippen LogP contribution in [0.4, 0.5) is 19.3 Å². The van der Waals surface area contributed by atoms with Gasteiger partial charge >= 0.3 is 6.03 Å². The van der Waals surface area contributed by atoms with Crippen LogP contribution in [-0.2, 0) is 0 Å². The highest BCUT2D eigenvalue weighted by molar-refractivity contribution is 5.89. The van der Waals surface area contributed by atoms with E-state index in [1.165, 1.54) is 0 Å². The Morgan fingerprint density at radius 2 is 1.95 bits per heavy atom. The summed E-state index contributed by atoms with van der Waals surface area (Å²) in [7, 11) is 0. The Morgan fingerprint density at radius 1 is 1.30 bits per heavy atom. The van der Waals surface area contributed by atoms with E-state index in [4.69, 9.17) is 0 Å². The molecule has 0 saturated carbocycles. The molecule has 1 aromatic rings. The van der Waals surface area contributed by atoms with Crippen LogP contribution in [-0.4, -0.2) is 36.4 Å². The predicted octanol–water partition coefficient (Wildman–Crippen LogP) is 1.23. The van der Waals surface area contributed by atoms with Crippen molar-refractivity contribution < 1.29 is 18.7 Å². The van der Waals surface area contributed by atoms with Crippen LogP contribution in [0.5, 0.6) is 0 Å². The molecule has 2 rings (SSSR count). The second-order valence-corrected chi connectivity index (χ2v) is 4.42. The molecule has 0 aromatic heterocycles. The van der Waals surface area contributed by atoms with Crippen LogP contribution in [0, 0.1) is 11.6 Å². The second kappa shape index (κ2) is 7.37. The van der Waals surface area contributed by atoms with E-state index in [9.17, 15) is 18.7 Å². The number of halogens is 3. The van der Waals surface area contributed by atoms with Gasteiger partial charge in [0.15, 0.2) is 0 Å². The van der Waals surface area contributed by atoms with E-state index < -0.39 is 29.8 Å². The lowest BCUT2D eigenvalue weighted by Gasteiger charge is -2.29. The van der Waals surface area contributed by atoms with Crippen molar-refractivity contribution in [3.63, 3.8) is 0 Å². The fraction of sp³-hybridized carbons (Fsp3) is 0.417. The third-order valence-corrected chi connectivity index (χ3v) is 2.88. The van der Waals surface area contributed by atoms with Crippen LogP contribution >= 0.6 is 12.4 Å². The monoisotopic (exact) mass is 307 g/mol. The number of carbonyl (C=O) groups is 1. The van der Waals surface area contributed by atoms with Gasteiger partial charge in [0, 0.05) is 18.3 Å². The molecule has 8 heteroatoms. The van der Waals surface area contributed by atoms with Gasteiger partial charge in [0.05, 0.1) is 12.1 Å². The Labute approximate surface area is 121 Å². The zero-order valence-electron chi connectivity index (χ0n) is 10.5. The zero-order valence-corrected chi connectivity index (χ0v) is 11.3. The molecule has 2 atom stereocenters. The highest BCUT2D eigenvalue weighted by Gasteiger charge is 2.24. The Hall–Kier alpha value is -1.44. The minimum absolute atomic E-state index is 0. The lowest BCUT2D eigenvalue weighted by molar-refractivity contribution is 0.103. The number of rotatable bonds is 2. The van der Waals surface area contributed by atoms with Crippen molar-refractivity contribution in [1.82, 2.24) is 10.6 Å². The van der Waals surface area contributed by atoms with Crippen molar-refractivity contribution in [3.8, 4) is 0 Å². The number of amides is 2. The quantitative estimate of drug-likeness (QED) is 0.664. The maximum atomic E-state index is 12.9. The van der Waals surface area contributed by atoms with Crippen LogP contribution in [0.25, 0.3) is 0 Å². The van der Waals surface area contributed by atoms with Gasteiger partial charge in [-0.3, -0.25) is 0 Å². The van der Waals surface area contributed by atoms with Gasteiger partial charge < -0.3 is 21.1 Å². The molecule has 1 aliphatic heterocycles. The fourth-order valence-electron chi connectivity index (χ4n) is 1.95. The van der Waals surface area contributed by atoms with Crippen molar-refractivity contribution in [3.05, 3.63) is 29.8 Å². The van der Waals surface area contributed by atoms with Crippen LogP contribution in [0.15, 0.2) is 18.2 Å². The average molecular weight is 308 g/mol. The number of carbonyl (C=O) groups excluding carboxylic acids is 1. The number of hydrogen-bond donors (Lipinski definition) is 4. The average Bonchev–Trinajstić information content (AvgIpc) is 2.30. The number of urea groups is 1. The summed E-state index contributed by atoms with van der Waals surface area (Å²) in [6.07, 6.45) is -0.0873. The molecule has 0 bridgehead atoms. The summed E-state index contributed by atoms with van der Waals surface area (Å²) in [6.45, 7) is 1.14. The van der Waals surface area contributed by atoms with Crippen molar-refractivity contribution in [2.75, 3.05) is 18.4 Å². The molecule has 112 valence electrons. The SMILES string of the molecule is Cl.O=C(Nc1cc(F)cc(F)c1)N[C@@H]1CNCC[C@H]1O. The van der Waals surface area contributed by atoms with E-state index in [2.05, 4.69) is 16.0 Å². The largest absolute Gasteiger partial charge is 0.391 e. The zero-order chi connectivity index (χ0) is 13.8. The second-order valence-electron chi connectivity index (χ2n) is 4.42. The molecule has 1 fully saturated rings. The van der Waals surface area contributed by atoms with E-state index in [0.717, 1.165) is 18.2 Å². The van der Waals surface area contributed by atoms with E-state index in [1.54, 1.807) is 0 Å². The summed E-state index contributed by atoms with van der Waals surface area (Å²) < 4.78 is 25.9. The fourth-order valence-corrected chi connectivity index (χ4v) is 1.95. The lowest BCUT2D eigenvalue weighted by Crippen LogP contribution is -2.54. The van der Waals surface area contributed by atoms with Gasteiger partial charge in [-0.1, -0.05) is 0 Å². The van der Waals surface area contributed by atoms with Crippen LogP contribution in [0.1, 0.15) is 6.42 Å². The summed E-state index contributed by atoms with van der Waals surface area (Å²) in [5.74, 6) is -1.54. The van der Waals surface area contributed by atoms with Gasteiger partial charge in [0.1, 0.15) is 11.6 Å². The van der Waals surface area contributed by atoms with Crippen molar-refractivity contribution in [2.45, 2.75) is 18.6 Å². The van der Waals surface area contributed by atoms with Gasteiger partial charge in [0.2, 0.25) is 0 Å². The first-order valence-corrected chi connectivity index (χ1v) is 5.97. The molecule has 0 unspecified atom stereocenters. The number of aliphatic hydroxyl groups is 1. The molecular weight excluding hydrogens is 292 g/mol. The summed E-state index contributed by atoms with van der Waals surface area (Å²) in [5, 5.41) is 17.6. The summed E-state index contributed by atoms with van der Waals surface area (Å²) in [5.41, 5.74) is 0.0215. The molecule has 2 amide bonds. The minimum Gasteiger partial charge on any atom is -0.391 e. The van der Waals surface area contributed by atoms with E-state index in [1.807, 2.05) is 0 Å². The van der Waals surface area contributed by atoms with Crippen LogP contribution in [0.2, 0.25) is 0 Å². The van der Waals surface area contributed by atoms with E-state index in [0.29, 0.717) is 19.5 Å². The molecule has 0 spiro atoms. The maximum Gasteiger partial charge on any atom is 0.319 e. The number of hydrogen-bond acceptors (Lipinski definition) is 3. The first kappa shape index (κ1) is 16.6. The standard InChI is InChI=1S/C12H15F2N3O2.ClH/c13-7-3-8(14)5-9(4-7)16-12(19)17-10-6-15-2-1-11(10)18;/h3-5,10-11,15,18H,1-2,6H2,(H2,16,17,19);1H/t10-,11-;/m1./s1. The van der Waals surface area contributed by atoms with Crippen LogP contribution < -0.4 is 16.0 Å². The molecular formula is C12H16ClF2N3O2. The summed E-state index contributed by atoms with van der Waals surface area (Å²) in [4.78, 5) is 11.6. The summed E-state index contributed by atoms with van der Waals surface area (Å²) in [6, 6.07) is 1.71. The van der Waals surface area contributed by atoms with Gasteiger partial charge in [-0.2, -0.15) is 0 Å². The highest BCUT2D eigenvalue weighted by atomic mass is 35.5. The molecule has 5 nitrogen and oxygen atoms in total. The molecule has 0 radical (unpaired) electrons. The lowest BCUT2D eigenvalue weighted by atomic mass is 10.0. The molecule has 1 heterocycles. The Bertz CT molecular complexity index is 456. The molecule has 1 aliphatic rings. The Kier molecular flexibility index (Phi) is 6.12. The topological polar surface area (TPSA) is 73.4 Å². The number of aliphatic hydroxyl groups excluding tert-OH is 1. The van der Waals surface area contributed by atoms with E-state index in [-0.39, 0.29) is 18.1 Å². The van der Waals surface area contributed by atoms with E-state index >= 15 is 0 Å². The summed E-state index contributed by atoms with van der Waals surface area (Å²) >= 11 is 0. The number of nitrogens with one attached hydrogen (secondary N) is 3. The minimum atomic E-state index is -0.769. The third-order valence-electron chi connectivity index (χ3n) is 2.88. The van der Waals surface area contributed by atoms with Crippen molar-refractivity contribution >= 4 is 24.1 Å². The predicted molar refractivity (Wildman–Crippen MR) is 73.0 cm³/mol. The molecule has 1 saturated heterocycles. The van der Waals surface area contributed by atoms with Crippen molar-refractivity contribution in [2.24, 2.45) is 0 Å². The number of anilines is 1. The Balaban J connectivity index is 0.00000200. The highest BCUT2D eigenvalue weighted by Crippen LogP contribution is 2.13.